The van der Waals surface area contributed by atoms with Crippen molar-refractivity contribution in [2.24, 2.45) is 0 Å². The van der Waals surface area contributed by atoms with Crippen LogP contribution >= 0.6 is 0 Å². The molecule has 1 aliphatic rings. The van der Waals surface area contributed by atoms with Crippen molar-refractivity contribution in [1.29, 1.82) is 0 Å². The van der Waals surface area contributed by atoms with Gasteiger partial charge in [0.1, 0.15) is 0 Å². The molecule has 1 saturated heterocycles. The van der Waals surface area contributed by atoms with E-state index in [9.17, 15) is 0 Å². The number of aromatic nitrogens is 1. The van der Waals surface area contributed by atoms with Gasteiger partial charge in [-0.2, -0.15) is 0 Å². The molecule has 0 aliphatic carbocycles. The summed E-state index contributed by atoms with van der Waals surface area (Å²) in [5.74, 6) is 0. The highest BCUT2D eigenvalue weighted by Crippen LogP contribution is 2.11. The molecule has 3 heteroatoms. The lowest BCUT2D eigenvalue weighted by atomic mass is 10.1. The van der Waals surface area contributed by atoms with E-state index < -0.39 is 0 Å². The van der Waals surface area contributed by atoms with E-state index in [0.29, 0.717) is 12.1 Å². The van der Waals surface area contributed by atoms with Crippen LogP contribution in [0.1, 0.15) is 31.5 Å². The zero-order valence-electron chi connectivity index (χ0n) is 9.24. The Kier molecular flexibility index (Phi) is 3.69. The van der Waals surface area contributed by atoms with E-state index in [4.69, 9.17) is 0 Å². The first-order chi connectivity index (χ1) is 7.36. The van der Waals surface area contributed by atoms with Gasteiger partial charge in [0.2, 0.25) is 0 Å². The van der Waals surface area contributed by atoms with Crippen LogP contribution in [0.4, 0.5) is 0 Å². The fraction of sp³-hybridized carbons (Fsp3) is 0.583. The predicted octanol–water partition coefficient (Wildman–Crippen LogP) is 1.48. The summed E-state index contributed by atoms with van der Waals surface area (Å²) in [6, 6.07) is 7.01. The van der Waals surface area contributed by atoms with E-state index in [1.54, 1.807) is 0 Å². The molecule has 1 aromatic heterocycles. The molecule has 1 unspecified atom stereocenters. The lowest BCUT2D eigenvalue weighted by Crippen LogP contribution is -2.44. The van der Waals surface area contributed by atoms with Gasteiger partial charge in [0, 0.05) is 24.8 Å². The zero-order chi connectivity index (χ0) is 10.5. The van der Waals surface area contributed by atoms with Crippen molar-refractivity contribution in [2.45, 2.75) is 31.8 Å². The van der Waals surface area contributed by atoms with E-state index >= 15 is 0 Å². The molecule has 15 heavy (non-hydrogen) atoms. The Morgan fingerprint density at radius 1 is 1.53 bits per heavy atom. The van der Waals surface area contributed by atoms with Gasteiger partial charge in [-0.25, -0.2) is 0 Å². The van der Waals surface area contributed by atoms with Crippen molar-refractivity contribution in [2.75, 3.05) is 13.1 Å². The average molecular weight is 205 g/mol. The van der Waals surface area contributed by atoms with Gasteiger partial charge in [-0.05, 0) is 38.4 Å². The molecule has 0 saturated carbocycles. The highest BCUT2D eigenvalue weighted by molar-refractivity contribution is 5.08. The fourth-order valence-electron chi connectivity index (χ4n) is 2.07. The SMILES string of the molecule is CC(N[C@@H]1CCCNC1)c1ccccn1. The third-order valence-electron chi connectivity index (χ3n) is 2.91. The summed E-state index contributed by atoms with van der Waals surface area (Å²) < 4.78 is 0. The molecule has 1 aromatic rings. The second kappa shape index (κ2) is 5.24. The zero-order valence-corrected chi connectivity index (χ0v) is 9.24. The minimum atomic E-state index is 0.344. The van der Waals surface area contributed by atoms with Gasteiger partial charge in [0.25, 0.3) is 0 Å². The Morgan fingerprint density at radius 2 is 2.47 bits per heavy atom. The summed E-state index contributed by atoms with van der Waals surface area (Å²) in [6.07, 6.45) is 4.39. The molecule has 0 amide bonds. The van der Waals surface area contributed by atoms with E-state index in [1.165, 1.54) is 12.8 Å². The van der Waals surface area contributed by atoms with Crippen LogP contribution in [0, 0.1) is 0 Å². The Bertz CT molecular complexity index is 280. The summed E-state index contributed by atoms with van der Waals surface area (Å²) in [5, 5.41) is 7.02. The van der Waals surface area contributed by atoms with Crippen LogP contribution < -0.4 is 10.6 Å². The maximum Gasteiger partial charge on any atom is 0.0570 e. The van der Waals surface area contributed by atoms with Gasteiger partial charge in [-0.3, -0.25) is 4.98 Å². The lowest BCUT2D eigenvalue weighted by Gasteiger charge is -2.27. The summed E-state index contributed by atoms with van der Waals surface area (Å²) >= 11 is 0. The normalized spacial score (nSPS) is 23.7. The second-order valence-electron chi connectivity index (χ2n) is 4.19. The number of pyridine rings is 1. The number of nitrogens with zero attached hydrogens (tertiary/aromatic N) is 1. The van der Waals surface area contributed by atoms with Crippen molar-refractivity contribution in [3.63, 3.8) is 0 Å². The molecule has 3 nitrogen and oxygen atoms in total. The summed E-state index contributed by atoms with van der Waals surface area (Å²) in [4.78, 5) is 4.36. The van der Waals surface area contributed by atoms with Crippen LogP contribution in [0.3, 0.4) is 0 Å². The average Bonchev–Trinajstić information content (AvgIpc) is 2.31. The van der Waals surface area contributed by atoms with E-state index in [0.717, 1.165) is 18.8 Å². The number of rotatable bonds is 3. The smallest absolute Gasteiger partial charge is 0.0570 e. The monoisotopic (exact) mass is 205 g/mol. The Labute approximate surface area is 91.3 Å². The maximum atomic E-state index is 4.36. The molecule has 1 aliphatic heterocycles. The molecule has 2 N–H and O–H groups in total. The van der Waals surface area contributed by atoms with Gasteiger partial charge < -0.3 is 10.6 Å². The van der Waals surface area contributed by atoms with Gasteiger partial charge >= 0.3 is 0 Å². The largest absolute Gasteiger partial charge is 0.315 e. The summed E-state index contributed by atoms with van der Waals surface area (Å²) in [5.41, 5.74) is 1.13. The molecule has 2 atom stereocenters. The first-order valence-electron chi connectivity index (χ1n) is 5.74. The molecular formula is C12H19N3. The highest BCUT2D eigenvalue weighted by atomic mass is 15.0. The molecule has 2 heterocycles. The fourth-order valence-corrected chi connectivity index (χ4v) is 2.07. The minimum Gasteiger partial charge on any atom is -0.315 e. The molecule has 0 radical (unpaired) electrons. The number of piperidine rings is 1. The van der Waals surface area contributed by atoms with Crippen molar-refractivity contribution in [3.05, 3.63) is 30.1 Å². The van der Waals surface area contributed by atoms with Crippen molar-refractivity contribution in [1.82, 2.24) is 15.6 Å². The van der Waals surface area contributed by atoms with Crippen molar-refractivity contribution >= 4 is 0 Å². The van der Waals surface area contributed by atoms with Crippen molar-refractivity contribution < 1.29 is 0 Å². The molecule has 1 fully saturated rings. The summed E-state index contributed by atoms with van der Waals surface area (Å²) in [7, 11) is 0. The van der Waals surface area contributed by atoms with Crippen LogP contribution in [-0.4, -0.2) is 24.1 Å². The first-order valence-corrected chi connectivity index (χ1v) is 5.74. The molecule has 0 spiro atoms. The van der Waals surface area contributed by atoms with E-state index in [2.05, 4.69) is 28.6 Å². The third kappa shape index (κ3) is 3.01. The van der Waals surface area contributed by atoms with Crippen LogP contribution in [-0.2, 0) is 0 Å². The Balaban J connectivity index is 1.88. The number of hydrogen-bond donors (Lipinski definition) is 2. The van der Waals surface area contributed by atoms with E-state index in [1.807, 2.05) is 18.3 Å². The third-order valence-corrected chi connectivity index (χ3v) is 2.91. The second-order valence-corrected chi connectivity index (χ2v) is 4.19. The van der Waals surface area contributed by atoms with Gasteiger partial charge in [-0.1, -0.05) is 6.07 Å². The Hall–Kier alpha value is -0.930. The lowest BCUT2D eigenvalue weighted by molar-refractivity contribution is 0.359. The van der Waals surface area contributed by atoms with Gasteiger partial charge in [0.15, 0.2) is 0 Å². The molecular weight excluding hydrogens is 186 g/mol. The number of hydrogen-bond acceptors (Lipinski definition) is 3. The molecule has 0 bridgehead atoms. The number of nitrogens with one attached hydrogen (secondary N) is 2. The standard InChI is InChI=1S/C12H19N3/c1-10(12-6-2-3-8-14-12)15-11-5-4-7-13-9-11/h2-3,6,8,10-11,13,15H,4-5,7,9H2,1H3/t10?,11-/m1/s1. The Morgan fingerprint density at radius 3 is 3.13 bits per heavy atom. The molecule has 0 aromatic carbocycles. The molecule has 2 rings (SSSR count). The van der Waals surface area contributed by atoms with Gasteiger partial charge in [-0.15, -0.1) is 0 Å². The summed E-state index contributed by atoms with van der Waals surface area (Å²) in [6.45, 7) is 4.42. The van der Waals surface area contributed by atoms with Crippen LogP contribution in [0.5, 0.6) is 0 Å². The van der Waals surface area contributed by atoms with E-state index in [-0.39, 0.29) is 0 Å². The topological polar surface area (TPSA) is 37.0 Å². The first kappa shape index (κ1) is 10.6. The quantitative estimate of drug-likeness (QED) is 0.785. The van der Waals surface area contributed by atoms with Crippen LogP contribution in [0.15, 0.2) is 24.4 Å². The highest BCUT2D eigenvalue weighted by Gasteiger charge is 2.16. The minimum absolute atomic E-state index is 0.344. The molecule has 82 valence electrons. The van der Waals surface area contributed by atoms with Gasteiger partial charge in [0.05, 0.1) is 5.69 Å². The van der Waals surface area contributed by atoms with Crippen LogP contribution in [0.2, 0.25) is 0 Å². The van der Waals surface area contributed by atoms with Crippen LogP contribution in [0.25, 0.3) is 0 Å². The maximum absolute atomic E-state index is 4.36. The predicted molar refractivity (Wildman–Crippen MR) is 61.7 cm³/mol. The van der Waals surface area contributed by atoms with Crippen molar-refractivity contribution in [3.8, 4) is 0 Å².